The fourth-order valence-electron chi connectivity index (χ4n) is 2.37. The maximum absolute atomic E-state index is 12.0. The number of imidazole rings is 1. The van der Waals surface area contributed by atoms with E-state index < -0.39 is 0 Å². The van der Waals surface area contributed by atoms with E-state index in [1.807, 2.05) is 42.7 Å². The van der Waals surface area contributed by atoms with Crippen molar-refractivity contribution >= 4 is 28.5 Å². The molecule has 114 valence electrons. The van der Waals surface area contributed by atoms with Crippen molar-refractivity contribution in [2.24, 2.45) is 0 Å². The minimum Gasteiger partial charge on any atom is -0.460 e. The second-order valence-electron chi connectivity index (χ2n) is 4.84. The molecule has 1 aromatic carbocycles. The lowest BCUT2D eigenvalue weighted by Gasteiger charge is -2.07. The van der Waals surface area contributed by atoms with Crippen molar-refractivity contribution in [3.8, 4) is 0 Å². The Morgan fingerprint density at radius 3 is 3.00 bits per heavy atom. The van der Waals surface area contributed by atoms with Gasteiger partial charge < -0.3 is 9.30 Å². The first kappa shape index (κ1) is 14.6. The van der Waals surface area contributed by atoms with E-state index in [1.165, 1.54) is 0 Å². The molecule has 2 heterocycles. The number of hydrogen-bond acceptors (Lipinski definition) is 6. The Balaban J connectivity index is 1.68. The topological polar surface area (TPSA) is 69.9 Å². The molecule has 0 saturated heterocycles. The molecule has 0 amide bonds. The number of esters is 1. The van der Waals surface area contributed by atoms with Crippen LogP contribution in [0.4, 0.5) is 0 Å². The Labute approximate surface area is 131 Å². The van der Waals surface area contributed by atoms with Crippen molar-refractivity contribution < 1.29 is 9.53 Å². The molecule has 0 spiro atoms. The van der Waals surface area contributed by atoms with Gasteiger partial charge in [0.1, 0.15) is 12.4 Å². The Bertz CT molecular complexity index is 809. The number of ether oxygens (including phenoxy) is 1. The lowest BCUT2D eigenvalue weighted by Crippen LogP contribution is -2.12. The fourth-order valence-corrected chi connectivity index (χ4v) is 3.01. The fraction of sp³-hybridized carbons (Fsp3) is 0.333. The van der Waals surface area contributed by atoms with Gasteiger partial charge in [0.25, 0.3) is 0 Å². The zero-order valence-corrected chi connectivity index (χ0v) is 13.3. The first-order valence-corrected chi connectivity index (χ1v) is 7.88. The molecule has 0 aliphatic carbocycles. The summed E-state index contributed by atoms with van der Waals surface area (Å²) in [5.41, 5.74) is 2.69. The Hall–Kier alpha value is -2.28. The standard InChI is InChI=1S/C15H16N4O2S/c1-3-11-14(22-18-17-11)15(20)21-9-8-19-10(2)16-12-6-4-5-7-13(12)19/h4-7H,3,8-9H2,1-2H3. The van der Waals surface area contributed by atoms with Crippen LogP contribution in [0.3, 0.4) is 0 Å². The first-order chi connectivity index (χ1) is 10.7. The minimum absolute atomic E-state index is 0.293. The van der Waals surface area contributed by atoms with E-state index in [2.05, 4.69) is 14.6 Å². The molecule has 0 saturated carbocycles. The van der Waals surface area contributed by atoms with Crippen molar-refractivity contribution in [2.45, 2.75) is 26.8 Å². The number of para-hydroxylation sites is 2. The van der Waals surface area contributed by atoms with Crippen LogP contribution >= 0.6 is 11.5 Å². The molecule has 0 bridgehead atoms. The molecule has 0 aliphatic rings. The number of carbonyl (C=O) groups is 1. The van der Waals surface area contributed by atoms with E-state index in [0.29, 0.717) is 30.1 Å². The van der Waals surface area contributed by atoms with Gasteiger partial charge in [-0.1, -0.05) is 23.5 Å². The van der Waals surface area contributed by atoms with Crippen molar-refractivity contribution in [3.05, 3.63) is 40.7 Å². The summed E-state index contributed by atoms with van der Waals surface area (Å²) in [6.07, 6.45) is 0.673. The molecule has 0 atom stereocenters. The Morgan fingerprint density at radius 1 is 1.36 bits per heavy atom. The van der Waals surface area contributed by atoms with Crippen LogP contribution in [0.15, 0.2) is 24.3 Å². The number of fused-ring (bicyclic) bond motifs is 1. The summed E-state index contributed by atoms with van der Waals surface area (Å²) in [6, 6.07) is 7.92. The van der Waals surface area contributed by atoms with E-state index in [4.69, 9.17) is 4.74 Å². The summed E-state index contributed by atoms with van der Waals surface area (Å²) in [5.74, 6) is 0.555. The normalized spacial score (nSPS) is 11.0. The summed E-state index contributed by atoms with van der Waals surface area (Å²) in [5, 5.41) is 3.92. The molecule has 0 radical (unpaired) electrons. The molecular weight excluding hydrogens is 300 g/mol. The van der Waals surface area contributed by atoms with Crippen LogP contribution < -0.4 is 0 Å². The lowest BCUT2D eigenvalue weighted by molar-refractivity contribution is 0.0496. The van der Waals surface area contributed by atoms with Crippen molar-refractivity contribution in [2.75, 3.05) is 6.61 Å². The predicted molar refractivity (Wildman–Crippen MR) is 84.0 cm³/mol. The average molecular weight is 316 g/mol. The maximum Gasteiger partial charge on any atom is 0.351 e. The monoisotopic (exact) mass is 316 g/mol. The number of aromatic nitrogens is 4. The second kappa shape index (κ2) is 6.23. The van der Waals surface area contributed by atoms with Gasteiger partial charge in [-0.15, -0.1) is 5.10 Å². The van der Waals surface area contributed by atoms with Crippen LogP contribution in [0.2, 0.25) is 0 Å². The lowest BCUT2D eigenvalue weighted by atomic mass is 10.3. The third-order valence-electron chi connectivity index (χ3n) is 3.47. The van der Waals surface area contributed by atoms with Gasteiger partial charge in [-0.2, -0.15) is 0 Å². The van der Waals surface area contributed by atoms with Gasteiger partial charge in [-0.05, 0) is 37.0 Å². The molecule has 3 aromatic rings. The Kier molecular flexibility index (Phi) is 4.15. The van der Waals surface area contributed by atoms with Gasteiger partial charge in [-0.3, -0.25) is 0 Å². The van der Waals surface area contributed by atoms with Crippen LogP contribution in [0, 0.1) is 6.92 Å². The number of hydrogen-bond donors (Lipinski definition) is 0. The smallest absolute Gasteiger partial charge is 0.351 e. The predicted octanol–water partition coefficient (Wildman–Crippen LogP) is 2.62. The second-order valence-corrected chi connectivity index (χ2v) is 5.59. The van der Waals surface area contributed by atoms with E-state index in [0.717, 1.165) is 28.4 Å². The van der Waals surface area contributed by atoms with Gasteiger partial charge in [0.2, 0.25) is 0 Å². The van der Waals surface area contributed by atoms with Crippen LogP contribution in [-0.4, -0.2) is 31.7 Å². The summed E-state index contributed by atoms with van der Waals surface area (Å²) in [4.78, 5) is 17.0. The molecule has 2 aromatic heterocycles. The van der Waals surface area contributed by atoms with Crippen LogP contribution in [0.5, 0.6) is 0 Å². The summed E-state index contributed by atoms with van der Waals surface area (Å²) in [6.45, 7) is 4.76. The molecule has 7 heteroatoms. The zero-order chi connectivity index (χ0) is 15.5. The number of benzene rings is 1. The van der Waals surface area contributed by atoms with Crippen LogP contribution in [0.1, 0.15) is 28.1 Å². The van der Waals surface area contributed by atoms with E-state index in [1.54, 1.807) is 0 Å². The molecular formula is C15H16N4O2S. The third-order valence-corrected chi connectivity index (χ3v) is 4.22. The average Bonchev–Trinajstić information content (AvgIpc) is 3.11. The third kappa shape index (κ3) is 2.71. The summed E-state index contributed by atoms with van der Waals surface area (Å²) >= 11 is 1.08. The van der Waals surface area contributed by atoms with Gasteiger partial charge in [0, 0.05) is 0 Å². The molecule has 0 N–H and O–H groups in total. The highest BCUT2D eigenvalue weighted by atomic mass is 32.1. The SMILES string of the molecule is CCc1nnsc1C(=O)OCCn1c(C)nc2ccccc21. The largest absolute Gasteiger partial charge is 0.460 e. The minimum atomic E-state index is -0.353. The Morgan fingerprint density at radius 2 is 2.18 bits per heavy atom. The van der Waals surface area contributed by atoms with Crippen molar-refractivity contribution in [3.63, 3.8) is 0 Å². The number of rotatable bonds is 5. The quantitative estimate of drug-likeness (QED) is 0.677. The van der Waals surface area contributed by atoms with E-state index in [9.17, 15) is 4.79 Å². The summed E-state index contributed by atoms with van der Waals surface area (Å²) in [7, 11) is 0. The first-order valence-electron chi connectivity index (χ1n) is 7.11. The number of nitrogens with zero attached hydrogens (tertiary/aromatic N) is 4. The van der Waals surface area contributed by atoms with E-state index in [-0.39, 0.29) is 5.97 Å². The molecule has 22 heavy (non-hydrogen) atoms. The van der Waals surface area contributed by atoms with Gasteiger partial charge in [0.05, 0.1) is 23.3 Å². The van der Waals surface area contributed by atoms with Gasteiger partial charge in [0.15, 0.2) is 4.88 Å². The molecule has 6 nitrogen and oxygen atoms in total. The van der Waals surface area contributed by atoms with Crippen molar-refractivity contribution in [1.29, 1.82) is 0 Å². The highest BCUT2D eigenvalue weighted by Crippen LogP contribution is 2.16. The zero-order valence-electron chi connectivity index (χ0n) is 12.4. The molecule has 0 fully saturated rings. The summed E-state index contributed by atoms with van der Waals surface area (Å²) < 4.78 is 11.2. The van der Waals surface area contributed by atoms with Gasteiger partial charge >= 0.3 is 5.97 Å². The van der Waals surface area contributed by atoms with E-state index >= 15 is 0 Å². The highest BCUT2D eigenvalue weighted by Gasteiger charge is 2.16. The highest BCUT2D eigenvalue weighted by molar-refractivity contribution is 7.07. The van der Waals surface area contributed by atoms with Crippen LogP contribution in [-0.2, 0) is 17.7 Å². The number of carbonyl (C=O) groups excluding carboxylic acids is 1. The number of aryl methyl sites for hydroxylation is 2. The molecule has 0 aliphatic heterocycles. The van der Waals surface area contributed by atoms with Gasteiger partial charge in [-0.25, -0.2) is 9.78 Å². The van der Waals surface area contributed by atoms with Crippen LogP contribution in [0.25, 0.3) is 11.0 Å². The molecule has 3 rings (SSSR count). The molecule has 0 unspecified atom stereocenters. The van der Waals surface area contributed by atoms with Crippen molar-refractivity contribution in [1.82, 2.24) is 19.1 Å². The maximum atomic E-state index is 12.0.